The van der Waals surface area contributed by atoms with E-state index in [0.717, 1.165) is 19.5 Å². The van der Waals surface area contributed by atoms with Crippen LogP contribution in [0.15, 0.2) is 54.6 Å². The van der Waals surface area contributed by atoms with Crippen LogP contribution in [0.4, 0.5) is 4.39 Å². The minimum Gasteiger partial charge on any atom is -0.353 e. The molecular weight excluding hydrogens is 419 g/mol. The van der Waals surface area contributed by atoms with Crippen molar-refractivity contribution < 1.29 is 14.0 Å². The largest absolute Gasteiger partial charge is 0.353 e. The minimum atomic E-state index is -0.599. The number of nitrogens with two attached hydrogens (primary N) is 1. The summed E-state index contributed by atoms with van der Waals surface area (Å²) in [4.78, 5) is 30.4. The van der Waals surface area contributed by atoms with E-state index >= 15 is 0 Å². The van der Waals surface area contributed by atoms with E-state index in [-0.39, 0.29) is 17.9 Å². The van der Waals surface area contributed by atoms with Gasteiger partial charge in [-0.2, -0.15) is 0 Å². The van der Waals surface area contributed by atoms with E-state index in [4.69, 9.17) is 5.73 Å². The standard InChI is InChI=1S/C26H35FN4O2/c1-19(2)17-30(18-20-6-4-3-5-7-20)23-12-15-31(24(16-23)25(32)29-14-13-28)26(33)21-8-10-22(27)11-9-21/h3-11,19,23-24H,12-18,28H2,1-2H3,(H,29,32)/t23?,24-/m1/s1. The molecule has 3 rings (SSSR count). The molecule has 178 valence electrons. The Morgan fingerprint density at radius 3 is 2.48 bits per heavy atom. The highest BCUT2D eigenvalue weighted by atomic mass is 19.1. The van der Waals surface area contributed by atoms with Gasteiger partial charge in [0.2, 0.25) is 5.91 Å². The molecule has 0 radical (unpaired) electrons. The first kappa shape index (κ1) is 24.9. The number of likely N-dealkylation sites (tertiary alicyclic amines) is 1. The van der Waals surface area contributed by atoms with Crippen molar-refractivity contribution in [2.45, 2.75) is 45.3 Å². The Balaban J connectivity index is 1.82. The summed E-state index contributed by atoms with van der Waals surface area (Å²) in [6.45, 7) is 7.24. The van der Waals surface area contributed by atoms with Crippen molar-refractivity contribution in [2.24, 2.45) is 11.7 Å². The molecule has 1 aliphatic heterocycles. The van der Waals surface area contributed by atoms with Gasteiger partial charge in [0.1, 0.15) is 11.9 Å². The quantitative estimate of drug-likeness (QED) is 0.611. The molecule has 0 aliphatic carbocycles. The Hall–Kier alpha value is -2.77. The molecule has 1 saturated heterocycles. The maximum Gasteiger partial charge on any atom is 0.254 e. The van der Waals surface area contributed by atoms with Gasteiger partial charge in [0.05, 0.1) is 0 Å². The third-order valence-corrected chi connectivity index (χ3v) is 6.02. The van der Waals surface area contributed by atoms with Gasteiger partial charge in [0.15, 0.2) is 0 Å². The van der Waals surface area contributed by atoms with Crippen molar-refractivity contribution in [1.82, 2.24) is 15.1 Å². The molecular formula is C26H35FN4O2. The topological polar surface area (TPSA) is 78.7 Å². The zero-order chi connectivity index (χ0) is 23.8. The Kier molecular flexibility index (Phi) is 8.97. The van der Waals surface area contributed by atoms with Crippen LogP contribution in [0.2, 0.25) is 0 Å². The summed E-state index contributed by atoms with van der Waals surface area (Å²) in [5.41, 5.74) is 7.20. The monoisotopic (exact) mass is 454 g/mol. The number of benzene rings is 2. The zero-order valence-electron chi connectivity index (χ0n) is 19.5. The van der Waals surface area contributed by atoms with Crippen molar-refractivity contribution >= 4 is 11.8 Å². The van der Waals surface area contributed by atoms with Crippen LogP contribution in [0.1, 0.15) is 42.6 Å². The predicted octanol–water partition coefficient (Wildman–Crippen LogP) is 3.03. The molecule has 1 unspecified atom stereocenters. The van der Waals surface area contributed by atoms with Crippen LogP contribution in [0.25, 0.3) is 0 Å². The molecule has 2 atom stereocenters. The second-order valence-electron chi connectivity index (χ2n) is 9.09. The lowest BCUT2D eigenvalue weighted by molar-refractivity contribution is -0.127. The summed E-state index contributed by atoms with van der Waals surface area (Å²) in [6.07, 6.45) is 1.32. The molecule has 7 heteroatoms. The lowest BCUT2D eigenvalue weighted by atomic mass is 9.93. The summed E-state index contributed by atoms with van der Waals surface area (Å²) in [6, 6.07) is 15.4. The SMILES string of the molecule is CC(C)CN(Cc1ccccc1)C1CCN(C(=O)c2ccc(F)cc2)[C@@H](C(=O)NCCN)C1. The Morgan fingerprint density at radius 2 is 1.85 bits per heavy atom. The minimum absolute atomic E-state index is 0.165. The molecule has 0 spiro atoms. The van der Waals surface area contributed by atoms with E-state index in [1.807, 2.05) is 18.2 Å². The van der Waals surface area contributed by atoms with E-state index in [1.165, 1.54) is 29.8 Å². The number of piperidine rings is 1. The normalized spacial score (nSPS) is 18.5. The number of hydrogen-bond acceptors (Lipinski definition) is 4. The fourth-order valence-corrected chi connectivity index (χ4v) is 4.47. The van der Waals surface area contributed by atoms with Gasteiger partial charge in [-0.15, -0.1) is 0 Å². The zero-order valence-corrected chi connectivity index (χ0v) is 19.5. The molecule has 1 fully saturated rings. The number of amides is 2. The maximum absolute atomic E-state index is 13.4. The number of hydrogen-bond donors (Lipinski definition) is 2. The van der Waals surface area contributed by atoms with Crippen molar-refractivity contribution in [2.75, 3.05) is 26.2 Å². The van der Waals surface area contributed by atoms with Gasteiger partial charge >= 0.3 is 0 Å². The summed E-state index contributed by atoms with van der Waals surface area (Å²) in [5, 5.41) is 2.86. The highest BCUT2D eigenvalue weighted by Gasteiger charge is 2.38. The van der Waals surface area contributed by atoms with E-state index in [1.54, 1.807) is 4.90 Å². The number of rotatable bonds is 9. The van der Waals surface area contributed by atoms with Gasteiger partial charge in [0.25, 0.3) is 5.91 Å². The van der Waals surface area contributed by atoms with Gasteiger partial charge in [-0.3, -0.25) is 14.5 Å². The molecule has 33 heavy (non-hydrogen) atoms. The van der Waals surface area contributed by atoms with Crippen LogP contribution in [-0.4, -0.2) is 59.9 Å². The molecule has 2 aromatic rings. The second-order valence-corrected chi connectivity index (χ2v) is 9.09. The van der Waals surface area contributed by atoms with E-state index in [9.17, 15) is 14.0 Å². The Morgan fingerprint density at radius 1 is 1.15 bits per heavy atom. The van der Waals surface area contributed by atoms with Crippen molar-refractivity contribution in [3.05, 3.63) is 71.5 Å². The third-order valence-electron chi connectivity index (χ3n) is 6.02. The van der Waals surface area contributed by atoms with Crippen LogP contribution >= 0.6 is 0 Å². The average Bonchev–Trinajstić information content (AvgIpc) is 2.82. The van der Waals surface area contributed by atoms with Gasteiger partial charge in [-0.05, 0) is 48.6 Å². The van der Waals surface area contributed by atoms with Crippen LogP contribution in [0.5, 0.6) is 0 Å². The summed E-state index contributed by atoms with van der Waals surface area (Å²) in [5.74, 6) is -0.366. The van der Waals surface area contributed by atoms with Crippen molar-refractivity contribution in [3.8, 4) is 0 Å². The summed E-state index contributed by atoms with van der Waals surface area (Å²) >= 11 is 0. The lowest BCUT2D eigenvalue weighted by Gasteiger charge is -2.43. The smallest absolute Gasteiger partial charge is 0.254 e. The highest BCUT2D eigenvalue weighted by Crippen LogP contribution is 2.26. The summed E-state index contributed by atoms with van der Waals surface area (Å²) < 4.78 is 13.4. The average molecular weight is 455 g/mol. The van der Waals surface area contributed by atoms with Crippen LogP contribution in [0, 0.1) is 11.7 Å². The third kappa shape index (κ3) is 6.85. The number of nitrogens with zero attached hydrogens (tertiary/aromatic N) is 2. The van der Waals surface area contributed by atoms with E-state index in [2.05, 4.69) is 36.2 Å². The lowest BCUT2D eigenvalue weighted by Crippen LogP contribution is -2.57. The number of nitrogens with one attached hydrogen (secondary N) is 1. The maximum atomic E-state index is 13.4. The van der Waals surface area contributed by atoms with Gasteiger partial charge < -0.3 is 16.0 Å². The first-order valence-electron chi connectivity index (χ1n) is 11.7. The van der Waals surface area contributed by atoms with Crippen molar-refractivity contribution in [1.29, 1.82) is 0 Å². The molecule has 1 aliphatic rings. The van der Waals surface area contributed by atoms with Crippen LogP contribution in [0.3, 0.4) is 0 Å². The molecule has 6 nitrogen and oxygen atoms in total. The fraction of sp³-hybridized carbons (Fsp3) is 0.462. The van der Waals surface area contributed by atoms with Gasteiger partial charge in [-0.25, -0.2) is 4.39 Å². The summed E-state index contributed by atoms with van der Waals surface area (Å²) in [7, 11) is 0. The van der Waals surface area contributed by atoms with Gasteiger partial charge in [0, 0.05) is 44.3 Å². The van der Waals surface area contributed by atoms with Crippen molar-refractivity contribution in [3.63, 3.8) is 0 Å². The molecule has 3 N–H and O–H groups in total. The highest BCUT2D eigenvalue weighted by molar-refractivity contribution is 5.97. The Labute approximate surface area is 195 Å². The Bertz CT molecular complexity index is 904. The molecule has 0 saturated carbocycles. The van der Waals surface area contributed by atoms with E-state index < -0.39 is 11.9 Å². The van der Waals surface area contributed by atoms with Crippen LogP contribution in [-0.2, 0) is 11.3 Å². The molecule has 1 heterocycles. The molecule has 0 aromatic heterocycles. The second kappa shape index (κ2) is 11.9. The first-order valence-corrected chi connectivity index (χ1v) is 11.7. The number of carbonyl (C=O) groups excluding carboxylic acids is 2. The van der Waals surface area contributed by atoms with Gasteiger partial charge in [-0.1, -0.05) is 44.2 Å². The van der Waals surface area contributed by atoms with Crippen LogP contribution < -0.4 is 11.1 Å². The number of halogens is 1. The first-order chi connectivity index (χ1) is 15.9. The molecule has 2 aromatic carbocycles. The molecule has 2 amide bonds. The fourth-order valence-electron chi connectivity index (χ4n) is 4.47. The predicted molar refractivity (Wildman–Crippen MR) is 128 cm³/mol. The van der Waals surface area contributed by atoms with E-state index in [0.29, 0.717) is 37.5 Å². The molecule has 0 bridgehead atoms. The number of carbonyl (C=O) groups is 2.